The van der Waals surface area contributed by atoms with Crippen molar-refractivity contribution in [2.75, 3.05) is 6.61 Å². The highest BCUT2D eigenvalue weighted by molar-refractivity contribution is 5.88. The fourth-order valence-corrected chi connectivity index (χ4v) is 2.02. The van der Waals surface area contributed by atoms with Crippen molar-refractivity contribution in [3.63, 3.8) is 0 Å². The summed E-state index contributed by atoms with van der Waals surface area (Å²) in [5.74, 6) is -0.281. The van der Waals surface area contributed by atoms with Crippen molar-refractivity contribution in [2.45, 2.75) is 19.8 Å². The summed E-state index contributed by atoms with van der Waals surface area (Å²) in [7, 11) is 0. The number of ether oxygens (including phenoxy) is 1. The molecule has 17 heavy (non-hydrogen) atoms. The summed E-state index contributed by atoms with van der Waals surface area (Å²) in [6.07, 6.45) is 7.61. The van der Waals surface area contributed by atoms with Crippen molar-refractivity contribution >= 4 is 11.5 Å². The predicted molar refractivity (Wildman–Crippen MR) is 68.5 cm³/mol. The molecule has 1 aromatic carbocycles. The molecule has 88 valence electrons. The van der Waals surface area contributed by atoms with E-state index < -0.39 is 0 Å². The van der Waals surface area contributed by atoms with Crippen LogP contribution in [0.15, 0.2) is 42.5 Å². The first-order chi connectivity index (χ1) is 8.31. The number of benzene rings is 1. The number of carbonyl (C=O) groups is 1. The number of fused-ring (bicyclic) bond motifs is 1. The maximum atomic E-state index is 11.3. The predicted octanol–water partition coefficient (Wildman–Crippen LogP) is 3.14. The molecule has 1 aliphatic rings. The van der Waals surface area contributed by atoms with E-state index in [0.717, 1.165) is 18.4 Å². The SMILES string of the molecule is CCOC(=O)/C=C/C1=CCCc2ccccc21. The topological polar surface area (TPSA) is 26.3 Å². The van der Waals surface area contributed by atoms with Crippen LogP contribution in [-0.2, 0) is 16.0 Å². The van der Waals surface area contributed by atoms with Crippen LogP contribution in [0.25, 0.3) is 5.57 Å². The number of esters is 1. The maximum Gasteiger partial charge on any atom is 0.330 e. The van der Waals surface area contributed by atoms with E-state index in [0.29, 0.717) is 6.61 Å². The molecule has 0 atom stereocenters. The second-order valence-electron chi connectivity index (χ2n) is 3.94. The zero-order valence-corrected chi connectivity index (χ0v) is 9.98. The van der Waals surface area contributed by atoms with Crippen LogP contribution in [0.4, 0.5) is 0 Å². The van der Waals surface area contributed by atoms with Gasteiger partial charge in [-0.25, -0.2) is 4.79 Å². The summed E-state index contributed by atoms with van der Waals surface area (Å²) in [6.45, 7) is 2.22. The molecule has 0 fully saturated rings. The quantitative estimate of drug-likeness (QED) is 0.587. The van der Waals surface area contributed by atoms with E-state index in [-0.39, 0.29) is 5.97 Å². The van der Waals surface area contributed by atoms with Gasteiger partial charge >= 0.3 is 5.97 Å². The van der Waals surface area contributed by atoms with E-state index in [1.807, 2.05) is 12.1 Å². The Morgan fingerprint density at radius 3 is 3.06 bits per heavy atom. The summed E-state index contributed by atoms with van der Waals surface area (Å²) in [6, 6.07) is 8.31. The lowest BCUT2D eigenvalue weighted by atomic mass is 9.91. The third kappa shape index (κ3) is 2.84. The molecule has 0 saturated carbocycles. The third-order valence-corrected chi connectivity index (χ3v) is 2.79. The van der Waals surface area contributed by atoms with Crippen LogP contribution in [0.3, 0.4) is 0 Å². The monoisotopic (exact) mass is 228 g/mol. The molecule has 0 amide bonds. The highest BCUT2D eigenvalue weighted by Gasteiger charge is 2.09. The molecule has 2 rings (SSSR count). The van der Waals surface area contributed by atoms with Gasteiger partial charge in [0.25, 0.3) is 0 Å². The Bertz CT molecular complexity index is 470. The van der Waals surface area contributed by atoms with E-state index in [1.54, 1.807) is 6.92 Å². The summed E-state index contributed by atoms with van der Waals surface area (Å²) in [4.78, 5) is 11.3. The van der Waals surface area contributed by atoms with Gasteiger partial charge in [0, 0.05) is 6.08 Å². The van der Waals surface area contributed by atoms with E-state index in [9.17, 15) is 4.79 Å². The van der Waals surface area contributed by atoms with E-state index in [4.69, 9.17) is 4.74 Å². The molecule has 0 bridgehead atoms. The Morgan fingerprint density at radius 2 is 2.24 bits per heavy atom. The van der Waals surface area contributed by atoms with Gasteiger partial charge in [-0.15, -0.1) is 0 Å². The van der Waals surface area contributed by atoms with E-state index in [2.05, 4.69) is 24.3 Å². The van der Waals surface area contributed by atoms with Crippen LogP contribution in [0.1, 0.15) is 24.5 Å². The molecule has 1 aromatic rings. The standard InChI is InChI=1S/C15H16O2/c1-2-17-15(16)11-10-13-8-5-7-12-6-3-4-9-14(12)13/h3-4,6,8-11H,2,5,7H2,1H3/b11-10+. The average Bonchev–Trinajstić information content (AvgIpc) is 2.36. The second kappa shape index (κ2) is 5.48. The van der Waals surface area contributed by atoms with Gasteiger partial charge in [-0.1, -0.05) is 30.3 Å². The van der Waals surface area contributed by atoms with Crippen molar-refractivity contribution < 1.29 is 9.53 Å². The molecule has 0 aliphatic heterocycles. The fraction of sp³-hybridized carbons (Fsp3) is 0.267. The Labute approximate surface area is 102 Å². The molecule has 2 heteroatoms. The third-order valence-electron chi connectivity index (χ3n) is 2.79. The van der Waals surface area contributed by atoms with Gasteiger partial charge in [-0.2, -0.15) is 0 Å². The Balaban J connectivity index is 2.17. The second-order valence-corrected chi connectivity index (χ2v) is 3.94. The highest BCUT2D eigenvalue weighted by Crippen LogP contribution is 2.26. The smallest absolute Gasteiger partial charge is 0.330 e. The van der Waals surface area contributed by atoms with Gasteiger partial charge < -0.3 is 4.74 Å². The number of allylic oxidation sites excluding steroid dienone is 3. The Morgan fingerprint density at radius 1 is 1.41 bits per heavy atom. The van der Waals surface area contributed by atoms with Crippen LogP contribution in [0.2, 0.25) is 0 Å². The molecule has 0 spiro atoms. The lowest BCUT2D eigenvalue weighted by molar-refractivity contribution is -0.137. The van der Waals surface area contributed by atoms with Crippen LogP contribution >= 0.6 is 0 Å². The van der Waals surface area contributed by atoms with E-state index >= 15 is 0 Å². The van der Waals surface area contributed by atoms with Crippen LogP contribution in [0, 0.1) is 0 Å². The van der Waals surface area contributed by atoms with E-state index in [1.165, 1.54) is 17.2 Å². The Hall–Kier alpha value is -1.83. The Kier molecular flexibility index (Phi) is 3.76. The van der Waals surface area contributed by atoms with Gasteiger partial charge in [0.1, 0.15) is 0 Å². The summed E-state index contributed by atoms with van der Waals surface area (Å²) in [5.41, 5.74) is 3.68. The summed E-state index contributed by atoms with van der Waals surface area (Å²) >= 11 is 0. The van der Waals surface area contributed by atoms with Crippen molar-refractivity contribution in [3.05, 3.63) is 53.6 Å². The van der Waals surface area contributed by atoms with Crippen molar-refractivity contribution in [2.24, 2.45) is 0 Å². The first-order valence-electron chi connectivity index (χ1n) is 5.94. The molecular weight excluding hydrogens is 212 g/mol. The number of hydrogen-bond donors (Lipinski definition) is 0. The molecule has 0 aromatic heterocycles. The molecule has 0 saturated heterocycles. The lowest BCUT2D eigenvalue weighted by Crippen LogP contribution is -2.01. The molecule has 2 nitrogen and oxygen atoms in total. The van der Waals surface area contributed by atoms with Gasteiger partial charge in [-0.05, 0) is 42.5 Å². The number of hydrogen-bond acceptors (Lipinski definition) is 2. The molecule has 1 aliphatic carbocycles. The van der Waals surface area contributed by atoms with Crippen LogP contribution < -0.4 is 0 Å². The largest absolute Gasteiger partial charge is 0.463 e. The summed E-state index contributed by atoms with van der Waals surface area (Å²) < 4.78 is 4.87. The molecule has 0 unspecified atom stereocenters. The zero-order chi connectivity index (χ0) is 12.1. The van der Waals surface area contributed by atoms with Crippen LogP contribution in [-0.4, -0.2) is 12.6 Å². The minimum absolute atomic E-state index is 0.281. The van der Waals surface area contributed by atoms with Gasteiger partial charge in [-0.3, -0.25) is 0 Å². The minimum Gasteiger partial charge on any atom is -0.463 e. The average molecular weight is 228 g/mol. The summed E-state index contributed by atoms with van der Waals surface area (Å²) in [5, 5.41) is 0. The van der Waals surface area contributed by atoms with Crippen molar-refractivity contribution in [3.8, 4) is 0 Å². The molecule has 0 heterocycles. The van der Waals surface area contributed by atoms with Gasteiger partial charge in [0.15, 0.2) is 0 Å². The lowest BCUT2D eigenvalue weighted by Gasteiger charge is -2.14. The van der Waals surface area contributed by atoms with Crippen LogP contribution in [0.5, 0.6) is 0 Å². The zero-order valence-electron chi connectivity index (χ0n) is 9.98. The molecule has 0 N–H and O–H groups in total. The highest BCUT2D eigenvalue weighted by atomic mass is 16.5. The first-order valence-corrected chi connectivity index (χ1v) is 5.94. The van der Waals surface area contributed by atoms with Crippen molar-refractivity contribution in [1.82, 2.24) is 0 Å². The number of aryl methyl sites for hydroxylation is 1. The van der Waals surface area contributed by atoms with Crippen molar-refractivity contribution in [1.29, 1.82) is 0 Å². The first kappa shape index (κ1) is 11.6. The number of rotatable bonds is 3. The maximum absolute atomic E-state index is 11.3. The van der Waals surface area contributed by atoms with Gasteiger partial charge in [0.2, 0.25) is 0 Å². The molecular formula is C15H16O2. The van der Waals surface area contributed by atoms with Gasteiger partial charge in [0.05, 0.1) is 6.61 Å². The fourth-order valence-electron chi connectivity index (χ4n) is 2.02. The number of carbonyl (C=O) groups excluding carboxylic acids is 1. The minimum atomic E-state index is -0.281. The molecule has 0 radical (unpaired) electrons. The normalized spacial score (nSPS) is 14.3.